The van der Waals surface area contributed by atoms with Gasteiger partial charge in [-0.25, -0.2) is 0 Å². The van der Waals surface area contributed by atoms with Crippen LogP contribution in [0.5, 0.6) is 11.5 Å². The van der Waals surface area contributed by atoms with E-state index in [0.717, 1.165) is 23.1 Å². The van der Waals surface area contributed by atoms with E-state index in [9.17, 15) is 14.7 Å². The van der Waals surface area contributed by atoms with Crippen LogP contribution in [-0.2, 0) is 14.3 Å². The second-order valence-corrected chi connectivity index (χ2v) is 9.27. The fourth-order valence-electron chi connectivity index (χ4n) is 4.52. The van der Waals surface area contributed by atoms with Gasteiger partial charge >= 0.3 is 0 Å². The Hall–Kier alpha value is -2.88. The molecule has 0 aliphatic carbocycles. The van der Waals surface area contributed by atoms with Gasteiger partial charge in [-0.3, -0.25) is 14.5 Å². The van der Waals surface area contributed by atoms with Gasteiger partial charge < -0.3 is 24.2 Å². The van der Waals surface area contributed by atoms with Gasteiger partial charge in [0.05, 0.1) is 24.8 Å². The van der Waals surface area contributed by atoms with Gasteiger partial charge in [0, 0.05) is 36.2 Å². The normalized spacial score (nSPS) is 22.3. The number of carbonyl (C=O) groups excluding carboxylic acids is 2. The van der Waals surface area contributed by atoms with Crippen molar-refractivity contribution < 1.29 is 28.9 Å². The predicted octanol–water partition coefficient (Wildman–Crippen LogP) is 2.97. The van der Waals surface area contributed by atoms with Gasteiger partial charge in [-0.05, 0) is 35.9 Å². The van der Waals surface area contributed by atoms with Crippen LogP contribution in [0.1, 0.15) is 17.2 Å². The first-order chi connectivity index (χ1) is 16.5. The van der Waals surface area contributed by atoms with Crippen LogP contribution in [0.25, 0.3) is 5.76 Å². The maximum Gasteiger partial charge on any atom is 0.295 e. The molecule has 0 radical (unpaired) electrons. The molecule has 1 N–H and O–H groups in total. The van der Waals surface area contributed by atoms with E-state index in [4.69, 9.17) is 14.2 Å². The first-order valence-corrected chi connectivity index (χ1v) is 12.1. The Kier molecular flexibility index (Phi) is 6.58. The highest BCUT2D eigenvalue weighted by Crippen LogP contribution is 2.41. The molecule has 2 aromatic rings. The van der Waals surface area contributed by atoms with Gasteiger partial charge in [0.25, 0.3) is 11.7 Å². The molecule has 0 saturated carbocycles. The number of fused-ring (bicyclic) bond motifs is 1. The van der Waals surface area contributed by atoms with Crippen molar-refractivity contribution in [3.63, 3.8) is 0 Å². The number of aliphatic hydroxyl groups excluding tert-OH is 1. The molecule has 2 fully saturated rings. The van der Waals surface area contributed by atoms with Crippen LogP contribution in [0.3, 0.4) is 0 Å². The lowest BCUT2D eigenvalue weighted by Crippen LogP contribution is -2.42. The summed E-state index contributed by atoms with van der Waals surface area (Å²) in [6, 6.07) is 11.8. The number of rotatable bonds is 5. The summed E-state index contributed by atoms with van der Waals surface area (Å²) in [4.78, 5) is 30.1. The number of ketones is 1. The van der Waals surface area contributed by atoms with Crippen LogP contribution in [0.4, 0.5) is 0 Å². The number of hydrogen-bond acceptors (Lipinski definition) is 7. The first kappa shape index (κ1) is 22.9. The van der Waals surface area contributed by atoms with Crippen LogP contribution < -0.4 is 9.47 Å². The lowest BCUT2D eigenvalue weighted by atomic mass is 9.95. The predicted molar refractivity (Wildman–Crippen MR) is 128 cm³/mol. The van der Waals surface area contributed by atoms with E-state index in [0.29, 0.717) is 56.6 Å². The van der Waals surface area contributed by atoms with Gasteiger partial charge in [-0.15, -0.1) is 0 Å². The topological polar surface area (TPSA) is 88.5 Å². The zero-order valence-corrected chi connectivity index (χ0v) is 20.1. The number of nitrogens with zero attached hydrogens (tertiary/aromatic N) is 2. The average Bonchev–Trinajstić information content (AvgIpc) is 3.12. The molecule has 3 aliphatic rings. The molecular weight excluding hydrogens is 504 g/mol. The fraction of sp³-hybridized carbons (Fsp3) is 0.360. The van der Waals surface area contributed by atoms with Crippen molar-refractivity contribution in [2.24, 2.45) is 0 Å². The summed E-state index contributed by atoms with van der Waals surface area (Å²) in [7, 11) is 0. The molecule has 8 nitrogen and oxygen atoms in total. The number of Topliss-reactive ketones (excluding diaryl/α,β-unsaturated/α-hetero) is 1. The minimum absolute atomic E-state index is 0.0750. The van der Waals surface area contributed by atoms with Crippen molar-refractivity contribution in [2.75, 3.05) is 52.6 Å². The van der Waals surface area contributed by atoms with E-state index < -0.39 is 17.7 Å². The number of aliphatic hydroxyl groups is 1. The van der Waals surface area contributed by atoms with E-state index in [1.807, 2.05) is 24.3 Å². The second kappa shape index (κ2) is 9.77. The highest BCUT2D eigenvalue weighted by molar-refractivity contribution is 9.10. The minimum Gasteiger partial charge on any atom is -0.507 e. The number of amides is 1. The number of benzene rings is 2. The van der Waals surface area contributed by atoms with Crippen molar-refractivity contribution >= 4 is 33.4 Å². The van der Waals surface area contributed by atoms with Gasteiger partial charge in [-0.2, -0.15) is 0 Å². The standard InChI is InChI=1S/C25H25BrN2O6/c26-18-4-1-16(2-5-18)22-21(23(29)17-3-6-19-20(15-17)34-14-13-33-19)24(30)25(31)28(22)8-7-27-9-11-32-12-10-27/h1-6,15,22,29H,7-14H2. The molecule has 1 amide bonds. The number of likely N-dealkylation sites (tertiary alicyclic amines) is 1. The summed E-state index contributed by atoms with van der Waals surface area (Å²) in [5, 5.41) is 11.3. The number of morpholine rings is 1. The van der Waals surface area contributed by atoms with Crippen LogP contribution in [0, 0.1) is 0 Å². The Morgan fingerprint density at radius 1 is 0.941 bits per heavy atom. The smallest absolute Gasteiger partial charge is 0.295 e. The largest absolute Gasteiger partial charge is 0.507 e. The lowest BCUT2D eigenvalue weighted by Gasteiger charge is -2.31. The van der Waals surface area contributed by atoms with Crippen molar-refractivity contribution in [3.05, 3.63) is 63.6 Å². The summed E-state index contributed by atoms with van der Waals surface area (Å²) in [6.07, 6.45) is 0. The number of hydrogen-bond donors (Lipinski definition) is 1. The third-order valence-electron chi connectivity index (χ3n) is 6.30. The second-order valence-electron chi connectivity index (χ2n) is 8.36. The maximum atomic E-state index is 13.2. The fourth-order valence-corrected chi connectivity index (χ4v) is 4.79. The SMILES string of the molecule is O=C1C(=O)N(CCN2CCOCC2)C(c2ccc(Br)cc2)C1=C(O)c1ccc2c(c1)OCCO2. The molecule has 3 heterocycles. The van der Waals surface area contributed by atoms with Crippen LogP contribution >= 0.6 is 15.9 Å². The maximum absolute atomic E-state index is 13.2. The van der Waals surface area contributed by atoms with Gasteiger partial charge in [-0.1, -0.05) is 28.1 Å². The van der Waals surface area contributed by atoms with Gasteiger partial charge in [0.1, 0.15) is 19.0 Å². The first-order valence-electron chi connectivity index (χ1n) is 11.3. The molecule has 0 bridgehead atoms. The zero-order valence-electron chi connectivity index (χ0n) is 18.5. The zero-order chi connectivity index (χ0) is 23.7. The summed E-state index contributed by atoms with van der Waals surface area (Å²) < 4.78 is 17.5. The summed E-state index contributed by atoms with van der Waals surface area (Å²) in [5.74, 6) is -0.449. The van der Waals surface area contributed by atoms with E-state index in [-0.39, 0.29) is 11.3 Å². The molecule has 178 valence electrons. The van der Waals surface area contributed by atoms with Gasteiger partial charge in [0.15, 0.2) is 11.5 Å². The highest BCUT2D eigenvalue weighted by Gasteiger charge is 2.46. The highest BCUT2D eigenvalue weighted by atomic mass is 79.9. The average molecular weight is 529 g/mol. The van der Waals surface area contributed by atoms with Crippen molar-refractivity contribution in [2.45, 2.75) is 6.04 Å². The number of ether oxygens (including phenoxy) is 3. The van der Waals surface area contributed by atoms with Crippen molar-refractivity contribution in [3.8, 4) is 11.5 Å². The van der Waals surface area contributed by atoms with Crippen LogP contribution in [0.2, 0.25) is 0 Å². The Balaban J connectivity index is 1.53. The molecule has 5 rings (SSSR count). The quantitative estimate of drug-likeness (QED) is 0.362. The van der Waals surface area contributed by atoms with Crippen molar-refractivity contribution in [1.82, 2.24) is 9.80 Å². The molecule has 1 unspecified atom stereocenters. The molecule has 0 aromatic heterocycles. The Morgan fingerprint density at radius 2 is 1.65 bits per heavy atom. The molecule has 2 saturated heterocycles. The Labute approximate surface area is 205 Å². The van der Waals surface area contributed by atoms with Crippen LogP contribution in [0.15, 0.2) is 52.5 Å². The summed E-state index contributed by atoms with van der Waals surface area (Å²) in [5.41, 5.74) is 1.23. The number of carbonyl (C=O) groups is 2. The van der Waals surface area contributed by atoms with Crippen molar-refractivity contribution in [1.29, 1.82) is 0 Å². The van der Waals surface area contributed by atoms with E-state index in [1.54, 1.807) is 23.1 Å². The number of halogens is 1. The third-order valence-corrected chi connectivity index (χ3v) is 6.83. The minimum atomic E-state index is -0.692. The van der Waals surface area contributed by atoms with E-state index in [1.165, 1.54) is 0 Å². The lowest BCUT2D eigenvalue weighted by molar-refractivity contribution is -0.140. The van der Waals surface area contributed by atoms with Crippen LogP contribution in [-0.4, -0.2) is 79.2 Å². The Bertz CT molecular complexity index is 1130. The molecule has 0 spiro atoms. The third kappa shape index (κ3) is 4.43. The Morgan fingerprint density at radius 3 is 2.38 bits per heavy atom. The van der Waals surface area contributed by atoms with Gasteiger partial charge in [0.2, 0.25) is 0 Å². The molecule has 2 aromatic carbocycles. The van der Waals surface area contributed by atoms with E-state index >= 15 is 0 Å². The molecule has 1 atom stereocenters. The van der Waals surface area contributed by atoms with E-state index in [2.05, 4.69) is 20.8 Å². The molecule has 9 heteroatoms. The summed E-state index contributed by atoms with van der Waals surface area (Å²) in [6.45, 7) is 4.71. The molecule has 34 heavy (non-hydrogen) atoms. The monoisotopic (exact) mass is 528 g/mol. The molecule has 3 aliphatic heterocycles. The summed E-state index contributed by atoms with van der Waals surface area (Å²) >= 11 is 3.44. The molecular formula is C25H25BrN2O6.